The van der Waals surface area contributed by atoms with Crippen molar-refractivity contribution in [3.63, 3.8) is 0 Å². The highest BCUT2D eigenvalue weighted by Crippen LogP contribution is 2.58. The molecule has 3 aromatic rings. The molecule has 3 N–H and O–H groups in total. The quantitative estimate of drug-likeness (QED) is 0.502. The first-order valence-electron chi connectivity index (χ1n) is 11.1. The topological polar surface area (TPSA) is 107 Å². The fourth-order valence-corrected chi connectivity index (χ4v) is 5.28. The molecule has 0 spiro atoms. The van der Waals surface area contributed by atoms with E-state index >= 15 is 0 Å². The summed E-state index contributed by atoms with van der Waals surface area (Å²) in [6, 6.07) is 8.07. The van der Waals surface area contributed by atoms with Gasteiger partial charge in [-0.1, -0.05) is 19.9 Å². The molecular weight excluding hydrogens is 447 g/mol. The number of hydrogen-bond donors (Lipinski definition) is 3. The van der Waals surface area contributed by atoms with Crippen LogP contribution in [0.2, 0.25) is 0 Å². The largest absolute Gasteiger partial charge is 0.421 e. The number of pyridine rings is 1. The molecule has 2 aliphatic rings. The van der Waals surface area contributed by atoms with Crippen LogP contribution >= 0.6 is 0 Å². The monoisotopic (exact) mass is 471 g/mol. The van der Waals surface area contributed by atoms with Crippen molar-refractivity contribution >= 4 is 22.4 Å². The fraction of sp³-hybridized carbons (Fsp3) is 0.458. The Morgan fingerprint density at radius 1 is 1.35 bits per heavy atom. The molecular formula is C24H24F3N5O2. The number of alkyl halides is 3. The number of benzene rings is 1. The third-order valence-electron chi connectivity index (χ3n) is 7.19. The van der Waals surface area contributed by atoms with Crippen LogP contribution < -0.4 is 10.9 Å². The summed E-state index contributed by atoms with van der Waals surface area (Å²) < 4.78 is 43.3. The average Bonchev–Trinajstić information content (AvgIpc) is 3.49. The Hall–Kier alpha value is -3.32. The highest BCUT2D eigenvalue weighted by atomic mass is 19.4. The minimum Gasteiger partial charge on any atom is -0.376 e. The van der Waals surface area contributed by atoms with Gasteiger partial charge in [0.25, 0.3) is 5.56 Å². The number of aromatic amines is 1. The minimum atomic E-state index is -4.82. The normalized spacial score (nSPS) is 22.4. The zero-order valence-corrected chi connectivity index (χ0v) is 18.7. The number of anilines is 2. The maximum atomic E-state index is 13.9. The van der Waals surface area contributed by atoms with Gasteiger partial charge in [0.05, 0.1) is 24.0 Å². The van der Waals surface area contributed by atoms with Gasteiger partial charge < -0.3 is 15.4 Å². The number of nitrogens with zero attached hydrogens (tertiary/aromatic N) is 3. The van der Waals surface area contributed by atoms with Crippen molar-refractivity contribution in [1.82, 2.24) is 14.8 Å². The smallest absolute Gasteiger partial charge is 0.376 e. The van der Waals surface area contributed by atoms with Crippen molar-refractivity contribution in [1.29, 1.82) is 5.26 Å². The van der Waals surface area contributed by atoms with E-state index in [0.29, 0.717) is 28.1 Å². The summed E-state index contributed by atoms with van der Waals surface area (Å²) in [6.07, 6.45) is -1.02. The van der Waals surface area contributed by atoms with Gasteiger partial charge in [-0.2, -0.15) is 23.5 Å². The Labute approximate surface area is 193 Å². The molecule has 34 heavy (non-hydrogen) atoms. The van der Waals surface area contributed by atoms with E-state index in [4.69, 9.17) is 0 Å². The highest BCUT2D eigenvalue weighted by Gasteiger charge is 2.66. The van der Waals surface area contributed by atoms with Crippen LogP contribution in [-0.4, -0.2) is 26.0 Å². The molecule has 2 aromatic heterocycles. The average molecular weight is 471 g/mol. The molecule has 1 aromatic carbocycles. The first kappa shape index (κ1) is 22.5. The summed E-state index contributed by atoms with van der Waals surface area (Å²) in [5.74, 6) is 0.584. The van der Waals surface area contributed by atoms with E-state index in [1.807, 2.05) is 0 Å². The van der Waals surface area contributed by atoms with Gasteiger partial charge in [-0.3, -0.25) is 9.48 Å². The van der Waals surface area contributed by atoms with E-state index in [9.17, 15) is 28.3 Å². The van der Waals surface area contributed by atoms with Crippen LogP contribution in [0.15, 0.2) is 35.3 Å². The zero-order chi connectivity index (χ0) is 24.5. The second-order valence-corrected chi connectivity index (χ2v) is 9.89. The lowest BCUT2D eigenvalue weighted by atomic mass is 9.75. The van der Waals surface area contributed by atoms with E-state index in [-0.39, 0.29) is 35.8 Å². The molecule has 1 saturated carbocycles. The van der Waals surface area contributed by atoms with Crippen molar-refractivity contribution in [2.45, 2.75) is 57.3 Å². The van der Waals surface area contributed by atoms with Crippen molar-refractivity contribution in [2.75, 3.05) is 5.32 Å². The molecule has 5 rings (SSSR count). The van der Waals surface area contributed by atoms with Crippen LogP contribution in [0, 0.1) is 22.7 Å². The number of nitrogens with one attached hydrogen (secondary N) is 2. The second kappa shape index (κ2) is 7.34. The van der Waals surface area contributed by atoms with Crippen molar-refractivity contribution in [3.05, 3.63) is 51.9 Å². The van der Waals surface area contributed by atoms with Crippen LogP contribution in [0.5, 0.6) is 0 Å². The van der Waals surface area contributed by atoms with E-state index in [0.717, 1.165) is 12.8 Å². The van der Waals surface area contributed by atoms with Crippen molar-refractivity contribution in [2.24, 2.45) is 11.3 Å². The Morgan fingerprint density at radius 2 is 2.09 bits per heavy atom. The van der Waals surface area contributed by atoms with Gasteiger partial charge in [-0.25, -0.2) is 0 Å². The molecule has 1 fully saturated rings. The molecule has 0 saturated heterocycles. The maximum absolute atomic E-state index is 13.9. The minimum absolute atomic E-state index is 0.0373. The van der Waals surface area contributed by atoms with Crippen LogP contribution in [0.4, 0.5) is 24.7 Å². The molecule has 0 amide bonds. The molecule has 7 nitrogen and oxygen atoms in total. The van der Waals surface area contributed by atoms with Crippen LogP contribution in [0.25, 0.3) is 10.9 Å². The number of nitriles is 1. The maximum Gasteiger partial charge on any atom is 0.421 e. The number of rotatable bonds is 5. The predicted octanol–water partition coefficient (Wildman–Crippen LogP) is 4.67. The van der Waals surface area contributed by atoms with E-state index in [2.05, 4.69) is 21.5 Å². The van der Waals surface area contributed by atoms with Crippen LogP contribution in [0.3, 0.4) is 0 Å². The number of halogens is 3. The highest BCUT2D eigenvalue weighted by molar-refractivity contribution is 5.91. The molecule has 2 heterocycles. The van der Waals surface area contributed by atoms with Crippen molar-refractivity contribution < 1.29 is 18.3 Å². The summed E-state index contributed by atoms with van der Waals surface area (Å²) in [5, 5.41) is 28.0. The predicted molar refractivity (Wildman–Crippen MR) is 120 cm³/mol. The van der Waals surface area contributed by atoms with E-state index in [1.54, 1.807) is 16.8 Å². The molecule has 0 aliphatic heterocycles. The summed E-state index contributed by atoms with van der Waals surface area (Å²) >= 11 is 0. The van der Waals surface area contributed by atoms with E-state index in [1.165, 1.54) is 32.2 Å². The van der Waals surface area contributed by atoms with Gasteiger partial charge >= 0.3 is 6.18 Å². The Bertz CT molecular complexity index is 1380. The summed E-state index contributed by atoms with van der Waals surface area (Å²) in [5.41, 5.74) is -3.47. The Morgan fingerprint density at radius 3 is 2.74 bits per heavy atom. The number of H-pyrrole nitrogens is 1. The zero-order valence-electron chi connectivity index (χ0n) is 18.7. The molecule has 2 aliphatic carbocycles. The van der Waals surface area contributed by atoms with Gasteiger partial charge in [0, 0.05) is 17.3 Å². The lowest BCUT2D eigenvalue weighted by molar-refractivity contribution is -0.299. The fourth-order valence-electron chi connectivity index (χ4n) is 5.28. The van der Waals surface area contributed by atoms with E-state index < -0.39 is 17.2 Å². The standard InChI is InChI=1S/C24H24F3N5O2/c1-22(2)12-14-11-15(5-6-16(14)23(22,34)24(25,26)27)30-20-19-18(8-10-29-21(19)33)32(31-20)17(7-9-28)13-3-4-13/h5-6,8,10-11,13,17,34H,3-4,7,12H2,1-2H3,(H,29,33)(H,30,31)/t17?,23-/m1/s1. The Balaban J connectivity index is 1.57. The molecule has 2 atom stereocenters. The van der Waals surface area contributed by atoms with Gasteiger partial charge in [-0.05, 0) is 54.5 Å². The molecule has 1 unspecified atom stereocenters. The van der Waals surface area contributed by atoms with Crippen LogP contribution in [0.1, 0.15) is 50.3 Å². The van der Waals surface area contributed by atoms with Gasteiger partial charge in [-0.15, -0.1) is 0 Å². The summed E-state index contributed by atoms with van der Waals surface area (Å²) in [7, 11) is 0. The number of aliphatic hydroxyl groups is 1. The van der Waals surface area contributed by atoms with Gasteiger partial charge in [0.1, 0.15) is 5.39 Å². The van der Waals surface area contributed by atoms with Crippen LogP contribution in [-0.2, 0) is 12.0 Å². The molecule has 178 valence electrons. The number of aromatic nitrogens is 3. The molecule has 10 heteroatoms. The molecule has 0 radical (unpaired) electrons. The SMILES string of the molecule is CC1(C)Cc2cc(Nc3nn(C(CC#N)C4CC4)c4cc[nH]c(=O)c34)ccc2[C@]1(O)C(F)(F)F. The third kappa shape index (κ3) is 3.21. The summed E-state index contributed by atoms with van der Waals surface area (Å²) in [4.78, 5) is 15.3. The second-order valence-electron chi connectivity index (χ2n) is 9.89. The first-order chi connectivity index (χ1) is 16.0. The number of fused-ring (bicyclic) bond motifs is 2. The Kier molecular flexibility index (Phi) is 4.85. The lowest BCUT2D eigenvalue weighted by Gasteiger charge is -2.38. The van der Waals surface area contributed by atoms with Gasteiger partial charge in [0.2, 0.25) is 0 Å². The van der Waals surface area contributed by atoms with Gasteiger partial charge in [0.15, 0.2) is 11.4 Å². The third-order valence-corrected chi connectivity index (χ3v) is 7.19. The first-order valence-corrected chi connectivity index (χ1v) is 11.1. The lowest BCUT2D eigenvalue weighted by Crippen LogP contribution is -2.50. The number of hydrogen-bond acceptors (Lipinski definition) is 5. The van der Waals surface area contributed by atoms with Crippen molar-refractivity contribution in [3.8, 4) is 6.07 Å². The summed E-state index contributed by atoms with van der Waals surface area (Å²) in [6.45, 7) is 2.80. The molecule has 0 bridgehead atoms.